The van der Waals surface area contributed by atoms with Crippen molar-refractivity contribution in [1.82, 2.24) is 0 Å². The van der Waals surface area contributed by atoms with E-state index in [9.17, 15) is 5.11 Å². The average molecular weight is 253 g/mol. The van der Waals surface area contributed by atoms with Crippen LogP contribution in [-0.4, -0.2) is 12.2 Å². The predicted molar refractivity (Wildman–Crippen MR) is 73.4 cm³/mol. The third-order valence-corrected chi connectivity index (χ3v) is 3.47. The molecule has 0 spiro atoms. The molecule has 0 aliphatic carbocycles. The predicted octanol–water partition coefficient (Wildman–Crippen LogP) is 3.64. The van der Waals surface area contributed by atoms with Crippen LogP contribution in [0.1, 0.15) is 0 Å². The fraction of sp³-hybridized carbons (Fsp3) is 0.0667. The van der Waals surface area contributed by atoms with Gasteiger partial charge in [-0.25, -0.2) is 4.89 Å². The average Bonchev–Trinajstić information content (AvgIpc) is 3.12. The topological polar surface area (TPSA) is 41.7 Å². The van der Waals surface area contributed by atoms with Crippen molar-refractivity contribution >= 4 is 32.9 Å². The Morgan fingerprint density at radius 2 is 1.74 bits per heavy atom. The minimum atomic E-state index is 0.280. The molecular formula is C15H11NO3. The van der Waals surface area contributed by atoms with E-state index in [2.05, 4.69) is 6.07 Å². The first-order valence-electron chi connectivity index (χ1n) is 5.99. The highest BCUT2D eigenvalue weighted by atomic mass is 17.3. The Labute approximate surface area is 109 Å². The second-order valence-electron chi connectivity index (χ2n) is 4.53. The molecule has 1 heterocycles. The van der Waals surface area contributed by atoms with Crippen LogP contribution in [0.3, 0.4) is 0 Å². The van der Waals surface area contributed by atoms with Crippen LogP contribution in [0.25, 0.3) is 21.5 Å². The molecule has 0 atom stereocenters. The van der Waals surface area contributed by atoms with Gasteiger partial charge in [-0.15, -0.1) is 4.99 Å². The van der Waals surface area contributed by atoms with Crippen LogP contribution in [0.5, 0.6) is 5.75 Å². The summed E-state index contributed by atoms with van der Waals surface area (Å²) in [6, 6.07) is 13.5. The highest BCUT2D eigenvalue weighted by molar-refractivity contribution is 6.19. The van der Waals surface area contributed by atoms with Crippen molar-refractivity contribution in [1.29, 1.82) is 0 Å². The Balaban J connectivity index is 2.00. The standard InChI is InChI=1S/C15H11NO3/c1-18-19-16-14-7-6-12-11-5-3-10(17)8-9(11)2-4-13(12)15(14)16/h2-8,17H,1H3. The molecule has 0 saturated heterocycles. The molecule has 3 aromatic carbocycles. The number of hydrogen-bond donors (Lipinski definition) is 1. The Morgan fingerprint density at radius 3 is 2.58 bits per heavy atom. The molecule has 19 heavy (non-hydrogen) atoms. The first-order valence-corrected chi connectivity index (χ1v) is 5.99. The number of hydrogen-bond acceptors (Lipinski definition) is 4. The van der Waals surface area contributed by atoms with Crippen molar-refractivity contribution in [3.05, 3.63) is 42.5 Å². The molecule has 0 aromatic heterocycles. The van der Waals surface area contributed by atoms with Crippen LogP contribution in [0.2, 0.25) is 0 Å². The third-order valence-electron chi connectivity index (χ3n) is 3.47. The molecule has 0 saturated carbocycles. The maximum absolute atomic E-state index is 9.53. The number of phenols is 1. The lowest BCUT2D eigenvalue weighted by Crippen LogP contribution is -1.99. The molecule has 0 bridgehead atoms. The lowest BCUT2D eigenvalue weighted by molar-refractivity contribution is -0.266. The number of phenolic OH excluding ortho intramolecular Hbond substituents is 1. The molecule has 4 heteroatoms. The third kappa shape index (κ3) is 1.41. The number of rotatable bonds is 2. The summed E-state index contributed by atoms with van der Waals surface area (Å²) < 4.78 is 0. The Bertz CT molecular complexity index is 813. The van der Waals surface area contributed by atoms with Gasteiger partial charge in [0.05, 0.1) is 12.8 Å². The number of aromatic hydroxyl groups is 1. The number of benzene rings is 3. The van der Waals surface area contributed by atoms with Gasteiger partial charge in [0.1, 0.15) is 11.4 Å². The first-order chi connectivity index (χ1) is 9.29. The zero-order chi connectivity index (χ0) is 13.0. The lowest BCUT2D eigenvalue weighted by Gasteiger charge is -2.03. The van der Waals surface area contributed by atoms with Gasteiger partial charge < -0.3 is 5.11 Å². The molecule has 1 aliphatic rings. The molecule has 1 N–H and O–H groups in total. The summed E-state index contributed by atoms with van der Waals surface area (Å²) in [5.41, 5.74) is 2.06. The molecule has 0 radical (unpaired) electrons. The fourth-order valence-electron chi connectivity index (χ4n) is 2.60. The van der Waals surface area contributed by atoms with E-state index in [0.717, 1.165) is 32.9 Å². The molecular weight excluding hydrogens is 242 g/mol. The van der Waals surface area contributed by atoms with Crippen molar-refractivity contribution in [2.45, 2.75) is 0 Å². The van der Waals surface area contributed by atoms with E-state index in [1.165, 1.54) is 7.11 Å². The normalized spacial score (nSPS) is 13.0. The van der Waals surface area contributed by atoms with Crippen molar-refractivity contribution in [2.24, 2.45) is 0 Å². The second-order valence-corrected chi connectivity index (χ2v) is 4.53. The molecule has 0 amide bonds. The summed E-state index contributed by atoms with van der Waals surface area (Å²) in [6.45, 7) is 0. The lowest BCUT2D eigenvalue weighted by atomic mass is 10.0. The zero-order valence-electron chi connectivity index (χ0n) is 10.3. The molecule has 1 aliphatic heterocycles. The highest BCUT2D eigenvalue weighted by Crippen LogP contribution is 2.53. The molecule has 0 unspecified atom stereocenters. The quantitative estimate of drug-likeness (QED) is 0.327. The van der Waals surface area contributed by atoms with Gasteiger partial charge in [0.15, 0.2) is 0 Å². The van der Waals surface area contributed by atoms with E-state index >= 15 is 0 Å². The maximum atomic E-state index is 9.53. The smallest absolute Gasteiger partial charge is 0.116 e. The van der Waals surface area contributed by atoms with E-state index in [-0.39, 0.29) is 5.75 Å². The van der Waals surface area contributed by atoms with Crippen molar-refractivity contribution in [3.63, 3.8) is 0 Å². The molecule has 3 aromatic rings. The minimum absolute atomic E-state index is 0.280. The SMILES string of the molecule is COON1c2ccc3c(ccc4cc(O)ccc43)c21. The summed E-state index contributed by atoms with van der Waals surface area (Å²) >= 11 is 0. The Hall–Kier alpha value is -2.30. The fourth-order valence-corrected chi connectivity index (χ4v) is 2.60. The second kappa shape index (κ2) is 3.60. The van der Waals surface area contributed by atoms with Crippen molar-refractivity contribution in [3.8, 4) is 5.75 Å². The van der Waals surface area contributed by atoms with Gasteiger partial charge in [0.2, 0.25) is 0 Å². The Morgan fingerprint density at radius 1 is 0.947 bits per heavy atom. The van der Waals surface area contributed by atoms with E-state index in [0.29, 0.717) is 0 Å². The minimum Gasteiger partial charge on any atom is -0.508 e. The molecule has 4 rings (SSSR count). The monoisotopic (exact) mass is 253 g/mol. The summed E-state index contributed by atoms with van der Waals surface area (Å²) in [6.07, 6.45) is 0. The molecule has 4 nitrogen and oxygen atoms in total. The van der Waals surface area contributed by atoms with E-state index < -0.39 is 0 Å². The number of fused-ring (bicyclic) bond motifs is 5. The summed E-state index contributed by atoms with van der Waals surface area (Å²) in [4.78, 5) is 9.75. The molecule has 0 fully saturated rings. The van der Waals surface area contributed by atoms with Gasteiger partial charge in [-0.3, -0.25) is 0 Å². The summed E-state index contributed by atoms with van der Waals surface area (Å²) in [5.74, 6) is 0.280. The van der Waals surface area contributed by atoms with Gasteiger partial charge in [0.25, 0.3) is 0 Å². The van der Waals surface area contributed by atoms with Crippen LogP contribution in [-0.2, 0) is 9.88 Å². The van der Waals surface area contributed by atoms with Crippen molar-refractivity contribution in [2.75, 3.05) is 12.2 Å². The zero-order valence-corrected chi connectivity index (χ0v) is 10.3. The van der Waals surface area contributed by atoms with Gasteiger partial charge in [-0.05, 0) is 34.4 Å². The first kappa shape index (κ1) is 10.6. The van der Waals surface area contributed by atoms with Crippen LogP contribution >= 0.6 is 0 Å². The maximum Gasteiger partial charge on any atom is 0.116 e. The largest absolute Gasteiger partial charge is 0.508 e. The van der Waals surface area contributed by atoms with Crippen molar-refractivity contribution < 1.29 is 15.0 Å². The number of anilines is 2. The van der Waals surface area contributed by atoms with Gasteiger partial charge in [0, 0.05) is 5.39 Å². The van der Waals surface area contributed by atoms with E-state index in [4.69, 9.17) is 9.88 Å². The van der Waals surface area contributed by atoms with Crippen LogP contribution in [0.4, 0.5) is 11.4 Å². The summed E-state index contributed by atoms with van der Waals surface area (Å²) in [5, 5.41) is 15.6. The van der Waals surface area contributed by atoms with Gasteiger partial charge in [-0.1, -0.05) is 24.3 Å². The van der Waals surface area contributed by atoms with E-state index in [1.54, 1.807) is 17.2 Å². The Kier molecular flexibility index (Phi) is 2.01. The van der Waals surface area contributed by atoms with Gasteiger partial charge in [-0.2, -0.15) is 5.06 Å². The van der Waals surface area contributed by atoms with E-state index in [1.807, 2.05) is 24.3 Å². The van der Waals surface area contributed by atoms with Gasteiger partial charge >= 0.3 is 0 Å². The van der Waals surface area contributed by atoms with Crippen LogP contribution in [0.15, 0.2) is 42.5 Å². The number of nitrogens with zero attached hydrogens (tertiary/aromatic N) is 1. The molecule has 94 valence electrons. The summed E-state index contributed by atoms with van der Waals surface area (Å²) in [7, 11) is 1.49. The highest BCUT2D eigenvalue weighted by Gasteiger charge is 2.34. The van der Waals surface area contributed by atoms with Crippen LogP contribution in [0, 0.1) is 0 Å². The van der Waals surface area contributed by atoms with Crippen LogP contribution < -0.4 is 5.06 Å².